The second kappa shape index (κ2) is 7.36. The first-order valence-corrected chi connectivity index (χ1v) is 7.49. The predicted octanol–water partition coefficient (Wildman–Crippen LogP) is 0.891. The number of hydrogen-bond donors (Lipinski definition) is 1. The lowest BCUT2D eigenvalue weighted by Gasteiger charge is -2.31. The minimum atomic E-state index is 0.154. The molecule has 6 heteroatoms. The zero-order chi connectivity index (χ0) is 15.2. The van der Waals surface area contributed by atoms with Crippen LogP contribution >= 0.6 is 0 Å². The van der Waals surface area contributed by atoms with E-state index in [1.165, 1.54) is 0 Å². The van der Waals surface area contributed by atoms with Crippen molar-refractivity contribution in [2.24, 2.45) is 5.92 Å². The normalized spacial score (nSPS) is 16.7. The van der Waals surface area contributed by atoms with Gasteiger partial charge < -0.3 is 10.2 Å². The van der Waals surface area contributed by atoms with Gasteiger partial charge in [0, 0.05) is 52.1 Å². The molecule has 1 fully saturated rings. The lowest BCUT2D eigenvalue weighted by Crippen LogP contribution is -2.35. The number of nitrogens with zero attached hydrogens (tertiary/aromatic N) is 4. The van der Waals surface area contributed by atoms with Crippen LogP contribution in [-0.4, -0.2) is 55.0 Å². The summed E-state index contributed by atoms with van der Waals surface area (Å²) in [5, 5.41) is 2.70. The third kappa shape index (κ3) is 4.67. The van der Waals surface area contributed by atoms with E-state index < -0.39 is 0 Å². The summed E-state index contributed by atoms with van der Waals surface area (Å²) in [6.07, 6.45) is 6.64. The van der Waals surface area contributed by atoms with Gasteiger partial charge in [-0.1, -0.05) is 0 Å². The van der Waals surface area contributed by atoms with Crippen LogP contribution in [0.25, 0.3) is 0 Å². The summed E-state index contributed by atoms with van der Waals surface area (Å²) >= 11 is 0. The Balaban J connectivity index is 1.79. The Bertz CT molecular complexity index is 452. The number of carbonyl (C=O) groups is 1. The highest BCUT2D eigenvalue weighted by Crippen LogP contribution is 2.21. The fraction of sp³-hybridized carbons (Fsp3) is 0.667. The van der Waals surface area contributed by atoms with E-state index >= 15 is 0 Å². The van der Waals surface area contributed by atoms with Crippen LogP contribution in [0.4, 0.5) is 5.95 Å². The number of amides is 1. The van der Waals surface area contributed by atoms with Gasteiger partial charge in [0.05, 0.1) is 0 Å². The monoisotopic (exact) mass is 291 g/mol. The standard InChI is InChI=1S/C15H25N5O/c1-16-14(21)8-12-4-6-20(7-5-12)11-13-9-17-15(18-10-13)19(2)3/h9-10,12H,4-8,11H2,1-3H3,(H,16,21). The van der Waals surface area contributed by atoms with E-state index in [1.54, 1.807) is 7.05 Å². The van der Waals surface area contributed by atoms with Gasteiger partial charge in [-0.2, -0.15) is 0 Å². The van der Waals surface area contributed by atoms with Gasteiger partial charge >= 0.3 is 0 Å². The fourth-order valence-corrected chi connectivity index (χ4v) is 2.63. The van der Waals surface area contributed by atoms with E-state index in [1.807, 2.05) is 31.4 Å². The molecule has 1 aliphatic heterocycles. The molecule has 0 bridgehead atoms. The van der Waals surface area contributed by atoms with E-state index in [0.717, 1.165) is 44.0 Å². The number of rotatable bonds is 5. The highest BCUT2D eigenvalue weighted by Gasteiger charge is 2.21. The van der Waals surface area contributed by atoms with Crippen molar-refractivity contribution in [3.05, 3.63) is 18.0 Å². The second-order valence-corrected chi connectivity index (χ2v) is 5.88. The van der Waals surface area contributed by atoms with E-state index in [-0.39, 0.29) is 5.91 Å². The molecule has 0 unspecified atom stereocenters. The Morgan fingerprint density at radius 3 is 2.48 bits per heavy atom. The van der Waals surface area contributed by atoms with Crippen LogP contribution in [0, 0.1) is 5.92 Å². The molecule has 0 saturated carbocycles. The fourth-order valence-electron chi connectivity index (χ4n) is 2.63. The molecule has 6 nitrogen and oxygen atoms in total. The summed E-state index contributed by atoms with van der Waals surface area (Å²) in [6, 6.07) is 0. The first-order valence-electron chi connectivity index (χ1n) is 7.49. The highest BCUT2D eigenvalue weighted by atomic mass is 16.1. The maximum atomic E-state index is 11.4. The van der Waals surface area contributed by atoms with Crippen LogP contribution in [0.15, 0.2) is 12.4 Å². The highest BCUT2D eigenvalue weighted by molar-refractivity contribution is 5.75. The molecule has 0 radical (unpaired) electrons. The molecule has 1 N–H and O–H groups in total. The smallest absolute Gasteiger partial charge is 0.224 e. The number of likely N-dealkylation sites (tertiary alicyclic amines) is 1. The maximum Gasteiger partial charge on any atom is 0.224 e. The van der Waals surface area contributed by atoms with Crippen LogP contribution < -0.4 is 10.2 Å². The van der Waals surface area contributed by atoms with Crippen LogP contribution in [0.3, 0.4) is 0 Å². The Morgan fingerprint density at radius 1 is 1.33 bits per heavy atom. The minimum Gasteiger partial charge on any atom is -0.359 e. The Hall–Kier alpha value is -1.69. The van der Waals surface area contributed by atoms with Gasteiger partial charge in [0.25, 0.3) is 0 Å². The molecule has 0 aliphatic carbocycles. The van der Waals surface area contributed by atoms with Gasteiger partial charge in [0.15, 0.2) is 0 Å². The van der Waals surface area contributed by atoms with Crippen molar-refractivity contribution in [2.75, 3.05) is 39.1 Å². The van der Waals surface area contributed by atoms with E-state index in [0.29, 0.717) is 12.3 Å². The predicted molar refractivity (Wildman–Crippen MR) is 83.0 cm³/mol. The molecule has 2 heterocycles. The van der Waals surface area contributed by atoms with Crippen molar-refractivity contribution in [1.29, 1.82) is 0 Å². The first-order chi connectivity index (χ1) is 10.1. The number of hydrogen-bond acceptors (Lipinski definition) is 5. The summed E-state index contributed by atoms with van der Waals surface area (Å²) < 4.78 is 0. The van der Waals surface area contributed by atoms with Gasteiger partial charge in [0.1, 0.15) is 0 Å². The Morgan fingerprint density at radius 2 is 1.95 bits per heavy atom. The molecule has 0 spiro atoms. The Labute approximate surface area is 126 Å². The Kier molecular flexibility index (Phi) is 5.50. The molecular formula is C15H25N5O. The summed E-state index contributed by atoms with van der Waals surface area (Å²) in [5.41, 5.74) is 1.14. The van der Waals surface area contributed by atoms with Crippen molar-refractivity contribution in [3.8, 4) is 0 Å². The molecule has 2 rings (SSSR count). The topological polar surface area (TPSA) is 61.4 Å². The van der Waals surface area contributed by atoms with Gasteiger partial charge in [-0.25, -0.2) is 9.97 Å². The van der Waals surface area contributed by atoms with Gasteiger partial charge in [-0.15, -0.1) is 0 Å². The average Bonchev–Trinajstić information content (AvgIpc) is 2.49. The first kappa shape index (κ1) is 15.7. The summed E-state index contributed by atoms with van der Waals surface area (Å²) in [6.45, 7) is 2.97. The van der Waals surface area contributed by atoms with Gasteiger partial charge in [-0.05, 0) is 31.8 Å². The quantitative estimate of drug-likeness (QED) is 0.873. The number of aromatic nitrogens is 2. The van der Waals surface area contributed by atoms with E-state index in [2.05, 4.69) is 20.2 Å². The molecule has 21 heavy (non-hydrogen) atoms. The van der Waals surface area contributed by atoms with Gasteiger partial charge in [0.2, 0.25) is 11.9 Å². The second-order valence-electron chi connectivity index (χ2n) is 5.88. The lowest BCUT2D eigenvalue weighted by molar-refractivity contribution is -0.121. The summed E-state index contributed by atoms with van der Waals surface area (Å²) in [7, 11) is 5.58. The van der Waals surface area contributed by atoms with Crippen LogP contribution in [0.5, 0.6) is 0 Å². The SMILES string of the molecule is CNC(=O)CC1CCN(Cc2cnc(N(C)C)nc2)CC1. The number of piperidine rings is 1. The third-order valence-corrected chi connectivity index (χ3v) is 3.96. The molecular weight excluding hydrogens is 266 g/mol. The largest absolute Gasteiger partial charge is 0.359 e. The van der Waals surface area contributed by atoms with Crippen molar-refractivity contribution >= 4 is 11.9 Å². The average molecular weight is 291 g/mol. The van der Waals surface area contributed by atoms with Crippen LogP contribution in [0.2, 0.25) is 0 Å². The van der Waals surface area contributed by atoms with Crippen LogP contribution in [-0.2, 0) is 11.3 Å². The van der Waals surface area contributed by atoms with E-state index in [9.17, 15) is 4.79 Å². The number of nitrogens with one attached hydrogen (secondary N) is 1. The molecule has 1 saturated heterocycles. The van der Waals surface area contributed by atoms with Crippen molar-refractivity contribution < 1.29 is 4.79 Å². The minimum absolute atomic E-state index is 0.154. The molecule has 1 amide bonds. The summed E-state index contributed by atoms with van der Waals surface area (Å²) in [5.74, 6) is 1.41. The number of carbonyl (C=O) groups excluding carboxylic acids is 1. The maximum absolute atomic E-state index is 11.4. The summed E-state index contributed by atoms with van der Waals surface area (Å²) in [4.78, 5) is 24.4. The molecule has 0 atom stereocenters. The molecule has 1 aliphatic rings. The number of anilines is 1. The molecule has 0 aromatic carbocycles. The van der Waals surface area contributed by atoms with E-state index in [4.69, 9.17) is 0 Å². The van der Waals surface area contributed by atoms with Gasteiger partial charge in [-0.3, -0.25) is 9.69 Å². The van der Waals surface area contributed by atoms with Crippen LogP contribution in [0.1, 0.15) is 24.8 Å². The van der Waals surface area contributed by atoms with Crippen molar-refractivity contribution in [2.45, 2.75) is 25.8 Å². The third-order valence-electron chi connectivity index (χ3n) is 3.96. The molecule has 1 aromatic rings. The lowest BCUT2D eigenvalue weighted by atomic mass is 9.93. The van der Waals surface area contributed by atoms with Crippen molar-refractivity contribution in [3.63, 3.8) is 0 Å². The molecule has 1 aromatic heterocycles. The zero-order valence-electron chi connectivity index (χ0n) is 13.2. The van der Waals surface area contributed by atoms with Crippen molar-refractivity contribution in [1.82, 2.24) is 20.2 Å². The molecule has 116 valence electrons. The zero-order valence-corrected chi connectivity index (χ0v) is 13.2.